The zero-order valence-electron chi connectivity index (χ0n) is 3.87. The van der Waals surface area contributed by atoms with Crippen LogP contribution in [0.15, 0.2) is 0 Å². The summed E-state index contributed by atoms with van der Waals surface area (Å²) in [6.07, 6.45) is 0. The number of carboxylic acid groups (broad SMARTS) is 2. The minimum atomic E-state index is -1.80. The summed E-state index contributed by atoms with van der Waals surface area (Å²) < 4.78 is 0. The second-order valence-corrected chi connectivity index (χ2v) is 1.15. The standard InChI is InChI=1S/C4H4O4/c1-2(3(5)6)4(7)8/h1-2H,(H,5,6)(H,7,8). The molecule has 0 bridgehead atoms. The lowest BCUT2D eigenvalue weighted by molar-refractivity contribution is -0.152. The van der Waals surface area contributed by atoms with Crippen molar-refractivity contribution in [2.45, 2.75) is 0 Å². The highest BCUT2D eigenvalue weighted by Gasteiger charge is 2.18. The van der Waals surface area contributed by atoms with Gasteiger partial charge in [0, 0.05) is 0 Å². The molecule has 0 aromatic carbocycles. The number of hydrogen-bond donors (Lipinski definition) is 2. The van der Waals surface area contributed by atoms with Crippen molar-refractivity contribution in [1.29, 1.82) is 0 Å². The molecule has 4 heteroatoms. The van der Waals surface area contributed by atoms with E-state index in [1.165, 1.54) is 0 Å². The van der Waals surface area contributed by atoms with Gasteiger partial charge in [-0.05, 0) is 6.92 Å². The van der Waals surface area contributed by atoms with Gasteiger partial charge in [0.25, 0.3) is 0 Å². The molecular formula is C4H4O4. The number of rotatable bonds is 2. The van der Waals surface area contributed by atoms with Crippen LogP contribution in [0.5, 0.6) is 0 Å². The molecule has 0 spiro atoms. The zero-order valence-corrected chi connectivity index (χ0v) is 3.87. The number of carboxylic acids is 2. The number of hydrogen-bond acceptors (Lipinski definition) is 2. The molecule has 0 rings (SSSR count). The minimum Gasteiger partial charge on any atom is -0.481 e. The monoisotopic (exact) mass is 116 g/mol. The largest absolute Gasteiger partial charge is 0.481 e. The van der Waals surface area contributed by atoms with Crippen molar-refractivity contribution in [2.75, 3.05) is 0 Å². The van der Waals surface area contributed by atoms with Crippen LogP contribution in [0.1, 0.15) is 0 Å². The maximum Gasteiger partial charge on any atom is 0.318 e. The van der Waals surface area contributed by atoms with Crippen LogP contribution in [0.25, 0.3) is 0 Å². The molecule has 4 nitrogen and oxygen atoms in total. The summed E-state index contributed by atoms with van der Waals surface area (Å²) in [6.45, 7) is 4.56. The third kappa shape index (κ3) is 1.59. The first kappa shape index (κ1) is 6.94. The topological polar surface area (TPSA) is 74.6 Å². The Balaban J connectivity index is 3.83. The van der Waals surface area contributed by atoms with Crippen LogP contribution in [0.3, 0.4) is 0 Å². The average molecular weight is 116 g/mol. The van der Waals surface area contributed by atoms with Crippen molar-refractivity contribution >= 4 is 11.9 Å². The van der Waals surface area contributed by atoms with E-state index in [2.05, 4.69) is 6.92 Å². The first-order valence-corrected chi connectivity index (χ1v) is 1.77. The van der Waals surface area contributed by atoms with Gasteiger partial charge in [0.1, 0.15) is 0 Å². The summed E-state index contributed by atoms with van der Waals surface area (Å²) in [6, 6.07) is 0. The van der Waals surface area contributed by atoms with Gasteiger partial charge >= 0.3 is 11.9 Å². The molecule has 0 amide bonds. The van der Waals surface area contributed by atoms with Gasteiger partial charge in [-0.2, -0.15) is 0 Å². The quantitative estimate of drug-likeness (QED) is 0.476. The van der Waals surface area contributed by atoms with E-state index in [0.29, 0.717) is 0 Å². The van der Waals surface area contributed by atoms with Crippen molar-refractivity contribution in [3.8, 4) is 0 Å². The van der Waals surface area contributed by atoms with E-state index in [9.17, 15) is 9.59 Å². The summed E-state index contributed by atoms with van der Waals surface area (Å²) in [5.41, 5.74) is 0. The molecule has 0 saturated heterocycles. The Bertz CT molecular complexity index is 103. The number of aliphatic carboxylic acids is 2. The highest BCUT2D eigenvalue weighted by molar-refractivity contribution is 5.93. The lowest BCUT2D eigenvalue weighted by Crippen LogP contribution is -2.19. The minimum absolute atomic E-state index is 1.53. The van der Waals surface area contributed by atoms with Crippen LogP contribution in [-0.4, -0.2) is 22.2 Å². The first-order chi connectivity index (χ1) is 3.55. The molecule has 0 atom stereocenters. The molecule has 0 aliphatic heterocycles. The molecule has 0 aliphatic rings. The van der Waals surface area contributed by atoms with Crippen LogP contribution < -0.4 is 0 Å². The first-order valence-electron chi connectivity index (χ1n) is 1.77. The van der Waals surface area contributed by atoms with Gasteiger partial charge in [-0.25, -0.2) is 0 Å². The summed E-state index contributed by atoms with van der Waals surface area (Å²) in [7, 11) is 0. The average Bonchev–Trinajstić information content (AvgIpc) is 1.64. The molecule has 0 unspecified atom stereocenters. The van der Waals surface area contributed by atoms with Crippen molar-refractivity contribution in [3.05, 3.63) is 6.92 Å². The predicted molar refractivity (Wildman–Crippen MR) is 23.1 cm³/mol. The van der Waals surface area contributed by atoms with Crippen LogP contribution >= 0.6 is 0 Å². The molecule has 0 heterocycles. The predicted octanol–water partition coefficient (Wildman–Crippen LogP) is -0.517. The Kier molecular flexibility index (Phi) is 1.99. The summed E-state index contributed by atoms with van der Waals surface area (Å²) >= 11 is 0. The third-order valence-electron chi connectivity index (χ3n) is 0.532. The van der Waals surface area contributed by atoms with Gasteiger partial charge in [0.05, 0.1) is 0 Å². The van der Waals surface area contributed by atoms with Gasteiger partial charge in [-0.15, -0.1) is 0 Å². The van der Waals surface area contributed by atoms with Crippen LogP contribution in [0.2, 0.25) is 0 Å². The summed E-state index contributed by atoms with van der Waals surface area (Å²) in [5.74, 6) is -4.86. The second-order valence-electron chi connectivity index (χ2n) is 1.15. The molecule has 8 heavy (non-hydrogen) atoms. The number of carbonyl (C=O) groups is 2. The van der Waals surface area contributed by atoms with Crippen molar-refractivity contribution in [3.63, 3.8) is 0 Å². The van der Waals surface area contributed by atoms with Gasteiger partial charge in [0.15, 0.2) is 5.92 Å². The van der Waals surface area contributed by atoms with Crippen molar-refractivity contribution < 1.29 is 19.8 Å². The Morgan fingerprint density at radius 1 is 1.25 bits per heavy atom. The Morgan fingerprint density at radius 2 is 1.50 bits per heavy atom. The molecule has 0 aromatic heterocycles. The Morgan fingerprint density at radius 3 is 1.50 bits per heavy atom. The summed E-state index contributed by atoms with van der Waals surface area (Å²) in [4.78, 5) is 19.3. The summed E-state index contributed by atoms with van der Waals surface area (Å²) in [5, 5.41) is 15.7. The van der Waals surface area contributed by atoms with Crippen molar-refractivity contribution in [2.24, 2.45) is 5.92 Å². The Labute approximate surface area is 45.7 Å². The van der Waals surface area contributed by atoms with E-state index in [1.807, 2.05) is 0 Å². The molecular weight excluding hydrogens is 112 g/mol. The third-order valence-corrected chi connectivity index (χ3v) is 0.532. The van der Waals surface area contributed by atoms with Crippen molar-refractivity contribution in [1.82, 2.24) is 0 Å². The highest BCUT2D eigenvalue weighted by atomic mass is 16.4. The molecule has 0 saturated carbocycles. The van der Waals surface area contributed by atoms with E-state index >= 15 is 0 Å². The zero-order chi connectivity index (χ0) is 6.73. The van der Waals surface area contributed by atoms with E-state index in [1.54, 1.807) is 0 Å². The fraction of sp³-hybridized carbons (Fsp3) is 0.250. The van der Waals surface area contributed by atoms with Crippen LogP contribution in [0.4, 0.5) is 0 Å². The lowest BCUT2D eigenvalue weighted by atomic mass is 10.2. The van der Waals surface area contributed by atoms with Gasteiger partial charge < -0.3 is 10.2 Å². The molecule has 0 aromatic rings. The fourth-order valence-corrected chi connectivity index (χ4v) is 0.106. The Hall–Kier alpha value is -1.06. The van der Waals surface area contributed by atoms with Crippen LogP contribution in [0, 0.1) is 12.8 Å². The second kappa shape index (κ2) is 2.30. The SMILES string of the molecule is [CH]C(C(=O)O)C(=O)O. The smallest absolute Gasteiger partial charge is 0.318 e. The van der Waals surface area contributed by atoms with E-state index < -0.39 is 17.9 Å². The van der Waals surface area contributed by atoms with Gasteiger partial charge in [-0.3, -0.25) is 9.59 Å². The maximum atomic E-state index is 9.63. The van der Waals surface area contributed by atoms with Gasteiger partial charge in [-0.1, -0.05) is 0 Å². The molecule has 0 aliphatic carbocycles. The maximum absolute atomic E-state index is 9.63. The van der Waals surface area contributed by atoms with E-state index in [-0.39, 0.29) is 0 Å². The van der Waals surface area contributed by atoms with E-state index in [4.69, 9.17) is 10.2 Å². The van der Waals surface area contributed by atoms with E-state index in [0.717, 1.165) is 0 Å². The highest BCUT2D eigenvalue weighted by Crippen LogP contribution is 1.90. The molecule has 2 N–H and O–H groups in total. The lowest BCUT2D eigenvalue weighted by Gasteiger charge is -1.93. The fourth-order valence-electron chi connectivity index (χ4n) is 0.106. The molecule has 0 fully saturated rings. The van der Waals surface area contributed by atoms with Crippen LogP contribution in [-0.2, 0) is 9.59 Å². The van der Waals surface area contributed by atoms with Gasteiger partial charge in [0.2, 0.25) is 0 Å². The molecule has 44 valence electrons. The normalized spacial score (nSPS) is 9.25. The molecule has 2 radical (unpaired) electrons.